The van der Waals surface area contributed by atoms with Gasteiger partial charge in [0.25, 0.3) is 0 Å². The molecule has 28 heavy (non-hydrogen) atoms. The summed E-state index contributed by atoms with van der Waals surface area (Å²) in [6.07, 6.45) is 3.60. The fraction of sp³-hybridized carbons (Fsp3) is 0.333. The normalized spacial score (nSPS) is 10.2. The molecule has 0 heterocycles. The van der Waals surface area contributed by atoms with Crippen molar-refractivity contribution in [3.8, 4) is 0 Å². The van der Waals surface area contributed by atoms with Gasteiger partial charge in [-0.25, -0.2) is 9.59 Å². The predicted molar refractivity (Wildman–Crippen MR) is 114 cm³/mol. The van der Waals surface area contributed by atoms with Gasteiger partial charge in [-0.1, -0.05) is 42.5 Å². The van der Waals surface area contributed by atoms with Crippen molar-refractivity contribution in [3.63, 3.8) is 0 Å². The number of likely N-dealkylation sites (N-methyl/N-ethyl adjacent to an activating group) is 1. The molecule has 7 heteroatoms. The lowest BCUT2D eigenvalue weighted by atomic mass is 10.1. The second-order valence-electron chi connectivity index (χ2n) is 6.24. The second kappa shape index (κ2) is 13.6. The lowest BCUT2D eigenvalue weighted by Gasteiger charge is -2.16. The fourth-order valence-corrected chi connectivity index (χ4v) is 3.33. The van der Waals surface area contributed by atoms with Crippen LogP contribution in [0.3, 0.4) is 0 Å². The number of thioether (sulfide) groups is 1. The van der Waals surface area contributed by atoms with Crippen LogP contribution in [0.25, 0.3) is 0 Å². The Kier molecular flexibility index (Phi) is 11.5. The van der Waals surface area contributed by atoms with E-state index in [0.29, 0.717) is 0 Å². The number of nitrogens with zero attached hydrogens (tertiary/aromatic N) is 1. The van der Waals surface area contributed by atoms with Crippen molar-refractivity contribution in [2.24, 2.45) is 0 Å². The van der Waals surface area contributed by atoms with Crippen LogP contribution in [-0.2, 0) is 16.0 Å². The molecular formula is C21H28N2O4S. The van der Waals surface area contributed by atoms with Crippen LogP contribution in [0.4, 0.5) is 5.69 Å². The molecule has 0 aliphatic rings. The summed E-state index contributed by atoms with van der Waals surface area (Å²) in [5, 5.41) is 14.8. The molecule has 2 rings (SSSR count). The number of carboxylic acids is 2. The Bertz CT molecular complexity index is 713. The monoisotopic (exact) mass is 404 g/mol. The van der Waals surface area contributed by atoms with Gasteiger partial charge in [0.1, 0.15) is 0 Å². The third-order valence-electron chi connectivity index (χ3n) is 3.92. The summed E-state index contributed by atoms with van der Waals surface area (Å²) in [5.41, 5.74) is 8.27. The summed E-state index contributed by atoms with van der Waals surface area (Å²) in [5.74, 6) is -2.51. The molecule has 2 aromatic rings. The number of rotatable bonds is 9. The first-order chi connectivity index (χ1) is 13.4. The zero-order valence-corrected chi connectivity index (χ0v) is 16.9. The van der Waals surface area contributed by atoms with E-state index in [1.54, 1.807) is 0 Å². The number of hydrogen-bond acceptors (Lipinski definition) is 5. The molecule has 0 saturated heterocycles. The summed E-state index contributed by atoms with van der Waals surface area (Å²) in [7, 11) is 2.21. The zero-order valence-electron chi connectivity index (χ0n) is 16.1. The van der Waals surface area contributed by atoms with Gasteiger partial charge in [-0.15, -0.1) is 11.8 Å². The van der Waals surface area contributed by atoms with E-state index < -0.39 is 11.9 Å². The van der Waals surface area contributed by atoms with Gasteiger partial charge in [0.15, 0.2) is 0 Å². The number of unbranched alkanes of at least 4 members (excludes halogenated alkanes) is 1. The maximum absolute atomic E-state index is 9.10. The number of para-hydroxylation sites is 1. The Morgan fingerprint density at radius 2 is 1.54 bits per heavy atom. The average molecular weight is 405 g/mol. The zero-order chi connectivity index (χ0) is 20.8. The van der Waals surface area contributed by atoms with Crippen molar-refractivity contribution in [1.82, 2.24) is 4.90 Å². The molecule has 0 spiro atoms. The van der Waals surface area contributed by atoms with Gasteiger partial charge in [-0.2, -0.15) is 0 Å². The van der Waals surface area contributed by atoms with E-state index in [4.69, 9.17) is 25.5 Å². The highest BCUT2D eigenvalue weighted by atomic mass is 32.2. The molecule has 0 atom stereocenters. The number of carbonyl (C=O) groups is 2. The molecule has 152 valence electrons. The number of nitrogens with two attached hydrogens (primary N) is 1. The van der Waals surface area contributed by atoms with Crippen LogP contribution in [0.15, 0.2) is 59.5 Å². The quantitative estimate of drug-likeness (QED) is 0.254. The van der Waals surface area contributed by atoms with E-state index in [9.17, 15) is 0 Å². The van der Waals surface area contributed by atoms with Gasteiger partial charge in [0.05, 0.1) is 0 Å². The maximum Gasteiger partial charge on any atom is 0.414 e. The highest BCUT2D eigenvalue weighted by Crippen LogP contribution is 2.25. The first kappa shape index (κ1) is 23.5. The third kappa shape index (κ3) is 10.6. The predicted octanol–water partition coefficient (Wildman–Crippen LogP) is 3.47. The first-order valence-corrected chi connectivity index (χ1v) is 10.0. The van der Waals surface area contributed by atoms with Crippen molar-refractivity contribution < 1.29 is 19.8 Å². The SMILES string of the molecule is CN(CCCCSc1ccccc1N)CCc1ccccc1.O=C(O)C(=O)O. The Balaban J connectivity index is 0.000000568. The molecule has 0 amide bonds. The average Bonchev–Trinajstić information content (AvgIpc) is 2.68. The minimum absolute atomic E-state index is 0.896. The van der Waals surface area contributed by atoms with Crippen LogP contribution in [0.5, 0.6) is 0 Å². The number of aliphatic carboxylic acids is 2. The van der Waals surface area contributed by atoms with Gasteiger partial charge in [0, 0.05) is 17.1 Å². The van der Waals surface area contributed by atoms with Crippen LogP contribution in [-0.4, -0.2) is 52.9 Å². The van der Waals surface area contributed by atoms with Gasteiger partial charge in [0.2, 0.25) is 0 Å². The first-order valence-electron chi connectivity index (χ1n) is 9.06. The molecule has 4 N–H and O–H groups in total. The summed E-state index contributed by atoms with van der Waals surface area (Å²) in [6, 6.07) is 18.8. The van der Waals surface area contributed by atoms with Gasteiger partial charge in [-0.3, -0.25) is 0 Å². The van der Waals surface area contributed by atoms with E-state index in [2.05, 4.69) is 54.4 Å². The van der Waals surface area contributed by atoms with Crippen LogP contribution in [0.2, 0.25) is 0 Å². The summed E-state index contributed by atoms with van der Waals surface area (Å²) >= 11 is 1.87. The van der Waals surface area contributed by atoms with E-state index in [-0.39, 0.29) is 0 Å². The summed E-state index contributed by atoms with van der Waals surface area (Å²) < 4.78 is 0. The fourth-order valence-electron chi connectivity index (χ4n) is 2.35. The van der Waals surface area contributed by atoms with E-state index in [0.717, 1.165) is 31.0 Å². The van der Waals surface area contributed by atoms with E-state index in [1.165, 1.54) is 23.3 Å². The number of benzene rings is 2. The Morgan fingerprint density at radius 3 is 2.14 bits per heavy atom. The minimum Gasteiger partial charge on any atom is -0.473 e. The summed E-state index contributed by atoms with van der Waals surface area (Å²) in [6.45, 7) is 2.29. The largest absolute Gasteiger partial charge is 0.473 e. The minimum atomic E-state index is -1.82. The topological polar surface area (TPSA) is 104 Å². The lowest BCUT2D eigenvalue weighted by molar-refractivity contribution is -0.159. The molecule has 0 saturated carbocycles. The smallest absolute Gasteiger partial charge is 0.414 e. The van der Waals surface area contributed by atoms with Crippen molar-refractivity contribution in [2.45, 2.75) is 24.2 Å². The highest BCUT2D eigenvalue weighted by molar-refractivity contribution is 7.99. The number of hydrogen-bond donors (Lipinski definition) is 3. The molecule has 0 bridgehead atoms. The number of carboxylic acid groups (broad SMARTS) is 2. The third-order valence-corrected chi connectivity index (χ3v) is 5.09. The molecule has 0 aliphatic heterocycles. The number of anilines is 1. The van der Waals surface area contributed by atoms with Crippen LogP contribution in [0.1, 0.15) is 18.4 Å². The Morgan fingerprint density at radius 1 is 0.929 bits per heavy atom. The van der Waals surface area contributed by atoms with Crippen LogP contribution in [0, 0.1) is 0 Å². The molecular weight excluding hydrogens is 376 g/mol. The molecule has 0 fully saturated rings. The van der Waals surface area contributed by atoms with Crippen LogP contribution < -0.4 is 5.73 Å². The van der Waals surface area contributed by atoms with Crippen molar-refractivity contribution in [1.29, 1.82) is 0 Å². The standard InChI is InChI=1S/C19H26N2S.C2H2O4/c1-21(15-13-17-9-3-2-4-10-17)14-7-8-16-22-19-12-6-5-11-18(19)20;3-1(4)2(5)6/h2-6,9-12H,7-8,13-16,20H2,1H3;(H,3,4)(H,5,6). The molecule has 0 aromatic heterocycles. The molecule has 0 unspecified atom stereocenters. The Labute approximate surface area is 170 Å². The Hall–Kier alpha value is -2.51. The van der Waals surface area contributed by atoms with Gasteiger partial charge >= 0.3 is 11.9 Å². The summed E-state index contributed by atoms with van der Waals surface area (Å²) in [4.78, 5) is 21.8. The van der Waals surface area contributed by atoms with Crippen molar-refractivity contribution in [3.05, 3.63) is 60.2 Å². The van der Waals surface area contributed by atoms with Gasteiger partial charge in [-0.05, 0) is 56.3 Å². The highest BCUT2D eigenvalue weighted by Gasteiger charge is 2.04. The molecule has 0 aliphatic carbocycles. The molecule has 0 radical (unpaired) electrons. The second-order valence-corrected chi connectivity index (χ2v) is 7.38. The lowest BCUT2D eigenvalue weighted by Crippen LogP contribution is -2.22. The van der Waals surface area contributed by atoms with E-state index in [1.807, 2.05) is 23.9 Å². The maximum atomic E-state index is 9.10. The molecule has 2 aromatic carbocycles. The van der Waals surface area contributed by atoms with Gasteiger partial charge < -0.3 is 20.8 Å². The van der Waals surface area contributed by atoms with E-state index >= 15 is 0 Å². The van der Waals surface area contributed by atoms with Crippen LogP contribution >= 0.6 is 11.8 Å². The number of nitrogen functional groups attached to an aromatic ring is 1. The van der Waals surface area contributed by atoms with Crippen molar-refractivity contribution >= 4 is 29.4 Å². The molecule has 6 nitrogen and oxygen atoms in total. The van der Waals surface area contributed by atoms with Crippen molar-refractivity contribution in [2.75, 3.05) is 31.6 Å².